The number of ether oxygens (including phenoxy) is 1. The summed E-state index contributed by atoms with van der Waals surface area (Å²) in [5, 5.41) is 13.5. The first-order valence-corrected chi connectivity index (χ1v) is 7.85. The zero-order valence-corrected chi connectivity index (χ0v) is 14.5. The third kappa shape index (κ3) is 4.00. The molecule has 0 aliphatic heterocycles. The normalized spacial score (nSPS) is 10.7. The molecule has 0 atom stereocenters. The molecule has 1 aromatic carbocycles. The van der Waals surface area contributed by atoms with Crippen molar-refractivity contribution in [2.75, 3.05) is 13.7 Å². The van der Waals surface area contributed by atoms with Crippen molar-refractivity contribution in [2.24, 2.45) is 0 Å². The van der Waals surface area contributed by atoms with E-state index in [1.807, 2.05) is 49.2 Å². The van der Waals surface area contributed by atoms with Gasteiger partial charge in [-0.05, 0) is 51.1 Å². The van der Waals surface area contributed by atoms with E-state index in [1.54, 1.807) is 13.8 Å². The summed E-state index contributed by atoms with van der Waals surface area (Å²) in [6.45, 7) is 7.12. The molecule has 2 rings (SSSR count). The quantitative estimate of drug-likeness (QED) is 0.814. The molecule has 24 heavy (non-hydrogen) atoms. The minimum atomic E-state index is -0.348. The lowest BCUT2D eigenvalue weighted by atomic mass is 10.1. The van der Waals surface area contributed by atoms with Crippen molar-refractivity contribution >= 4 is 0 Å². The number of nitrogens with zero attached hydrogens (tertiary/aromatic N) is 4. The maximum atomic E-state index is 12.3. The molecule has 0 spiro atoms. The van der Waals surface area contributed by atoms with E-state index in [1.165, 1.54) is 4.68 Å². The van der Waals surface area contributed by atoms with Gasteiger partial charge in [0.1, 0.15) is 17.4 Å². The Hall–Kier alpha value is -2.65. The molecule has 0 fully saturated rings. The predicted molar refractivity (Wildman–Crippen MR) is 91.8 cm³/mol. The first-order valence-electron chi connectivity index (χ1n) is 7.85. The highest BCUT2D eigenvalue weighted by atomic mass is 16.5. The summed E-state index contributed by atoms with van der Waals surface area (Å²) < 4.78 is 6.77. The van der Waals surface area contributed by atoms with E-state index in [0.717, 1.165) is 11.3 Å². The zero-order valence-electron chi connectivity index (χ0n) is 14.5. The van der Waals surface area contributed by atoms with Crippen molar-refractivity contribution in [1.82, 2.24) is 14.7 Å². The maximum Gasteiger partial charge on any atom is 0.286 e. The Bertz CT molecular complexity index is 803. The van der Waals surface area contributed by atoms with Crippen molar-refractivity contribution in [2.45, 2.75) is 34.0 Å². The van der Waals surface area contributed by atoms with E-state index in [4.69, 9.17) is 4.74 Å². The maximum absolute atomic E-state index is 12.3. The Balaban J connectivity index is 2.13. The van der Waals surface area contributed by atoms with Gasteiger partial charge in [-0.15, -0.1) is 0 Å². The fraction of sp³-hybridized carbons (Fsp3) is 0.389. The number of aromatic nitrogens is 2. The van der Waals surface area contributed by atoms with Crippen LogP contribution in [0.3, 0.4) is 0 Å². The lowest BCUT2D eigenvalue weighted by Crippen LogP contribution is -2.34. The van der Waals surface area contributed by atoms with Gasteiger partial charge in [-0.2, -0.15) is 10.4 Å². The summed E-state index contributed by atoms with van der Waals surface area (Å²) in [4.78, 5) is 14.3. The second-order valence-electron chi connectivity index (χ2n) is 5.73. The van der Waals surface area contributed by atoms with Crippen LogP contribution in [-0.2, 0) is 13.2 Å². The van der Waals surface area contributed by atoms with Crippen LogP contribution < -0.4 is 10.3 Å². The fourth-order valence-electron chi connectivity index (χ4n) is 2.45. The molecule has 0 N–H and O–H groups in total. The molecule has 1 aromatic heterocycles. The Morgan fingerprint density at radius 1 is 1.29 bits per heavy atom. The van der Waals surface area contributed by atoms with Crippen LogP contribution in [0.15, 0.2) is 29.1 Å². The number of rotatable bonds is 6. The molecule has 0 radical (unpaired) electrons. The minimum absolute atomic E-state index is 0.164. The SMILES string of the molecule is CCOc1ccc(CN(C)Cn2nc(C)c(C)c(C#N)c2=O)cc1. The van der Waals surface area contributed by atoms with Gasteiger partial charge in [-0.1, -0.05) is 12.1 Å². The smallest absolute Gasteiger partial charge is 0.286 e. The molecule has 0 bridgehead atoms. The molecule has 126 valence electrons. The Kier molecular flexibility index (Phi) is 5.72. The van der Waals surface area contributed by atoms with Crippen molar-refractivity contribution in [3.8, 4) is 11.8 Å². The van der Waals surface area contributed by atoms with E-state index < -0.39 is 0 Å². The topological polar surface area (TPSA) is 71.2 Å². The molecular formula is C18H22N4O2. The highest BCUT2D eigenvalue weighted by molar-refractivity contribution is 5.36. The third-order valence-electron chi connectivity index (χ3n) is 3.81. The molecule has 2 aromatic rings. The molecule has 6 nitrogen and oxygen atoms in total. The van der Waals surface area contributed by atoms with E-state index in [9.17, 15) is 10.1 Å². The first kappa shape index (κ1) is 17.7. The molecular weight excluding hydrogens is 304 g/mol. The molecule has 0 aliphatic carbocycles. The first-order chi connectivity index (χ1) is 11.5. The molecule has 6 heteroatoms. The van der Waals surface area contributed by atoms with Gasteiger partial charge in [-0.25, -0.2) is 4.68 Å². The van der Waals surface area contributed by atoms with Crippen molar-refractivity contribution in [3.63, 3.8) is 0 Å². The molecule has 0 unspecified atom stereocenters. The van der Waals surface area contributed by atoms with E-state index >= 15 is 0 Å². The summed E-state index contributed by atoms with van der Waals surface area (Å²) in [6, 6.07) is 9.84. The minimum Gasteiger partial charge on any atom is -0.494 e. The average Bonchev–Trinajstić information content (AvgIpc) is 2.55. The number of nitriles is 1. The van der Waals surface area contributed by atoms with E-state index in [-0.39, 0.29) is 11.1 Å². The Morgan fingerprint density at radius 2 is 1.96 bits per heavy atom. The summed E-state index contributed by atoms with van der Waals surface area (Å²) in [6.07, 6.45) is 0. The van der Waals surface area contributed by atoms with Gasteiger partial charge in [0.2, 0.25) is 0 Å². The van der Waals surface area contributed by atoms with Crippen LogP contribution in [0.25, 0.3) is 0 Å². The monoisotopic (exact) mass is 326 g/mol. The third-order valence-corrected chi connectivity index (χ3v) is 3.81. The summed E-state index contributed by atoms with van der Waals surface area (Å²) in [5.41, 5.74) is 2.27. The van der Waals surface area contributed by atoms with E-state index in [2.05, 4.69) is 5.10 Å². The molecule has 0 saturated heterocycles. The summed E-state index contributed by atoms with van der Waals surface area (Å²) >= 11 is 0. The lowest BCUT2D eigenvalue weighted by molar-refractivity contribution is 0.239. The van der Waals surface area contributed by atoms with Crippen molar-refractivity contribution in [3.05, 3.63) is 57.0 Å². The Morgan fingerprint density at radius 3 is 2.54 bits per heavy atom. The van der Waals surface area contributed by atoms with Crippen molar-refractivity contribution in [1.29, 1.82) is 5.26 Å². The second kappa shape index (κ2) is 7.75. The van der Waals surface area contributed by atoms with Crippen LogP contribution >= 0.6 is 0 Å². The van der Waals surface area contributed by atoms with Gasteiger partial charge >= 0.3 is 0 Å². The van der Waals surface area contributed by atoms with Gasteiger partial charge in [0.05, 0.1) is 19.0 Å². The standard InChI is InChI=1S/C18H22N4O2/c1-5-24-16-8-6-15(7-9-16)11-21(4)12-22-18(23)17(10-19)13(2)14(3)20-22/h6-9H,5,11-12H2,1-4H3. The number of aryl methyl sites for hydroxylation is 1. The molecule has 1 heterocycles. The molecule has 0 saturated carbocycles. The highest BCUT2D eigenvalue weighted by Crippen LogP contribution is 2.13. The highest BCUT2D eigenvalue weighted by Gasteiger charge is 2.12. The summed E-state index contributed by atoms with van der Waals surface area (Å²) in [5.74, 6) is 0.842. The average molecular weight is 326 g/mol. The van der Waals surface area contributed by atoms with Gasteiger partial charge in [0.25, 0.3) is 5.56 Å². The zero-order chi connectivity index (χ0) is 17.7. The Labute approximate surface area is 141 Å². The van der Waals surface area contributed by atoms with Gasteiger partial charge in [0.15, 0.2) is 0 Å². The summed E-state index contributed by atoms with van der Waals surface area (Å²) in [7, 11) is 1.91. The van der Waals surface area contributed by atoms with Crippen molar-refractivity contribution < 1.29 is 4.74 Å². The van der Waals surface area contributed by atoms with Crippen LogP contribution in [0.1, 0.15) is 29.3 Å². The van der Waals surface area contributed by atoms with Gasteiger partial charge in [-0.3, -0.25) is 9.69 Å². The van der Waals surface area contributed by atoms with E-state index in [0.29, 0.717) is 31.1 Å². The van der Waals surface area contributed by atoms with Gasteiger partial charge < -0.3 is 4.74 Å². The number of hydrogen-bond acceptors (Lipinski definition) is 5. The van der Waals surface area contributed by atoms with Crippen LogP contribution in [0.4, 0.5) is 0 Å². The number of hydrogen-bond donors (Lipinski definition) is 0. The largest absolute Gasteiger partial charge is 0.494 e. The van der Waals surface area contributed by atoms with Crippen LogP contribution in [0.5, 0.6) is 5.75 Å². The van der Waals surface area contributed by atoms with Crippen LogP contribution in [0, 0.1) is 25.2 Å². The van der Waals surface area contributed by atoms with Crippen LogP contribution in [0.2, 0.25) is 0 Å². The fourth-order valence-corrected chi connectivity index (χ4v) is 2.45. The molecule has 0 aliphatic rings. The lowest BCUT2D eigenvalue weighted by Gasteiger charge is -2.18. The second-order valence-corrected chi connectivity index (χ2v) is 5.73. The molecule has 0 amide bonds. The van der Waals surface area contributed by atoms with Crippen LogP contribution in [-0.4, -0.2) is 28.3 Å². The predicted octanol–water partition coefficient (Wildman–Crippen LogP) is 2.22. The van der Waals surface area contributed by atoms with Gasteiger partial charge in [0, 0.05) is 6.54 Å². The number of benzene rings is 1.